The topological polar surface area (TPSA) is 79.3 Å². The van der Waals surface area contributed by atoms with Crippen LogP contribution in [0.3, 0.4) is 0 Å². The Hall–Kier alpha value is -3.59. The van der Waals surface area contributed by atoms with Gasteiger partial charge in [0.05, 0.1) is 18.2 Å². The van der Waals surface area contributed by atoms with Crippen LogP contribution in [-0.2, 0) is 9.53 Å². The summed E-state index contributed by atoms with van der Waals surface area (Å²) in [5.74, 6) is -1.31. The number of hydrogen-bond donors (Lipinski definition) is 1. The number of benzene rings is 2. The molecule has 0 fully saturated rings. The van der Waals surface area contributed by atoms with Crippen molar-refractivity contribution < 1.29 is 13.9 Å². The van der Waals surface area contributed by atoms with E-state index in [1.54, 1.807) is 24.0 Å². The second-order valence-electron chi connectivity index (χ2n) is 6.72. The summed E-state index contributed by atoms with van der Waals surface area (Å²) in [6.07, 6.45) is 1.42. The highest BCUT2D eigenvalue weighted by Gasteiger charge is 2.38. The van der Waals surface area contributed by atoms with Crippen LogP contribution < -0.4 is 10.6 Å². The third kappa shape index (κ3) is 3.99. The van der Waals surface area contributed by atoms with Gasteiger partial charge < -0.3 is 10.5 Å². The number of hydrogen-bond acceptors (Lipinski definition) is 5. The molecule has 148 valence electrons. The molecule has 0 unspecified atom stereocenters. The number of allylic oxidation sites excluding steroid dienone is 2. The maximum atomic E-state index is 13.4. The molecule has 0 amide bonds. The molecule has 0 aliphatic carbocycles. The number of halogens is 1. The lowest BCUT2D eigenvalue weighted by atomic mass is 9.76. The van der Waals surface area contributed by atoms with E-state index < -0.39 is 11.9 Å². The number of nitriles is 1. The molecule has 1 heterocycles. The molecule has 0 saturated heterocycles. The minimum atomic E-state index is -0.485. The summed E-state index contributed by atoms with van der Waals surface area (Å²) in [6, 6.07) is 17.5. The van der Waals surface area contributed by atoms with E-state index in [0.29, 0.717) is 11.3 Å². The second kappa shape index (κ2) is 8.61. The van der Waals surface area contributed by atoms with Crippen molar-refractivity contribution in [3.63, 3.8) is 0 Å². The van der Waals surface area contributed by atoms with Crippen LogP contribution in [0.25, 0.3) is 0 Å². The number of para-hydroxylation sites is 1. The van der Waals surface area contributed by atoms with Gasteiger partial charge in [-0.2, -0.15) is 5.26 Å². The van der Waals surface area contributed by atoms with Gasteiger partial charge in [0.1, 0.15) is 11.6 Å². The molecule has 2 aromatic rings. The third-order valence-electron chi connectivity index (χ3n) is 4.97. The molecule has 2 N–H and O–H groups in total. The van der Waals surface area contributed by atoms with Gasteiger partial charge in [0.15, 0.2) is 0 Å². The Balaban J connectivity index is 2.21. The molecular weight excluding hydrogens is 369 g/mol. The summed E-state index contributed by atoms with van der Waals surface area (Å²) >= 11 is 0. The smallest absolute Gasteiger partial charge is 0.332 e. The molecule has 0 saturated carbocycles. The Morgan fingerprint density at radius 3 is 2.48 bits per heavy atom. The lowest BCUT2D eigenvalue weighted by molar-refractivity contribution is -0.137. The SMILES string of the molecule is CCOC(=O)/C=C1\[C@@H](C)[C@H](c2ccc(F)cc2)C(C#N)=C(N)N1c1ccccc1. The van der Waals surface area contributed by atoms with Crippen LogP contribution >= 0.6 is 0 Å². The van der Waals surface area contributed by atoms with Crippen LogP contribution in [0.2, 0.25) is 0 Å². The van der Waals surface area contributed by atoms with E-state index in [2.05, 4.69) is 6.07 Å². The zero-order valence-electron chi connectivity index (χ0n) is 16.3. The number of nitrogens with two attached hydrogens (primary N) is 1. The maximum Gasteiger partial charge on any atom is 0.332 e. The van der Waals surface area contributed by atoms with Crippen molar-refractivity contribution in [1.82, 2.24) is 0 Å². The average molecular weight is 391 g/mol. The second-order valence-corrected chi connectivity index (χ2v) is 6.72. The predicted molar refractivity (Wildman–Crippen MR) is 109 cm³/mol. The quantitative estimate of drug-likeness (QED) is 0.624. The normalized spacial score (nSPS) is 20.5. The maximum absolute atomic E-state index is 13.4. The highest BCUT2D eigenvalue weighted by Crippen LogP contribution is 2.44. The van der Waals surface area contributed by atoms with E-state index in [1.165, 1.54) is 18.2 Å². The fourth-order valence-corrected chi connectivity index (χ4v) is 3.66. The van der Waals surface area contributed by atoms with Gasteiger partial charge in [-0.1, -0.05) is 37.3 Å². The van der Waals surface area contributed by atoms with E-state index in [1.807, 2.05) is 37.3 Å². The number of carbonyl (C=O) groups is 1. The lowest BCUT2D eigenvalue weighted by Gasteiger charge is -2.40. The molecule has 0 bridgehead atoms. The molecule has 0 aromatic heterocycles. The molecule has 29 heavy (non-hydrogen) atoms. The zero-order valence-corrected chi connectivity index (χ0v) is 16.3. The first-order chi connectivity index (χ1) is 14.0. The van der Waals surface area contributed by atoms with Crippen LogP contribution in [0.5, 0.6) is 0 Å². The van der Waals surface area contributed by atoms with E-state index in [0.717, 1.165) is 11.3 Å². The third-order valence-corrected chi connectivity index (χ3v) is 4.97. The number of esters is 1. The van der Waals surface area contributed by atoms with Gasteiger partial charge in [-0.15, -0.1) is 0 Å². The lowest BCUT2D eigenvalue weighted by Crippen LogP contribution is -2.39. The number of ether oxygens (including phenoxy) is 1. The van der Waals surface area contributed by atoms with Crippen LogP contribution in [0.1, 0.15) is 25.3 Å². The van der Waals surface area contributed by atoms with Crippen LogP contribution in [0.4, 0.5) is 10.1 Å². The Labute approximate surface area is 169 Å². The van der Waals surface area contributed by atoms with Crippen molar-refractivity contribution >= 4 is 11.7 Å². The van der Waals surface area contributed by atoms with Crippen molar-refractivity contribution in [2.75, 3.05) is 11.5 Å². The monoisotopic (exact) mass is 391 g/mol. The van der Waals surface area contributed by atoms with Crippen molar-refractivity contribution in [3.8, 4) is 6.07 Å². The van der Waals surface area contributed by atoms with Crippen molar-refractivity contribution in [3.05, 3.63) is 89.1 Å². The zero-order chi connectivity index (χ0) is 21.0. The van der Waals surface area contributed by atoms with Crippen LogP contribution in [-0.4, -0.2) is 12.6 Å². The Morgan fingerprint density at radius 2 is 1.90 bits per heavy atom. The van der Waals surface area contributed by atoms with E-state index >= 15 is 0 Å². The molecular formula is C23H22FN3O2. The Morgan fingerprint density at radius 1 is 1.24 bits per heavy atom. The minimum absolute atomic E-state index is 0.238. The van der Waals surface area contributed by atoms with Gasteiger partial charge >= 0.3 is 5.97 Å². The molecule has 2 aromatic carbocycles. The number of carbonyl (C=O) groups excluding carboxylic acids is 1. The van der Waals surface area contributed by atoms with Crippen LogP contribution in [0, 0.1) is 23.1 Å². The van der Waals surface area contributed by atoms with Crippen molar-refractivity contribution in [1.29, 1.82) is 5.26 Å². The number of anilines is 1. The Bertz CT molecular complexity index is 991. The molecule has 3 rings (SSSR count). The molecule has 5 nitrogen and oxygen atoms in total. The van der Waals surface area contributed by atoms with Gasteiger partial charge in [0.2, 0.25) is 0 Å². The Kier molecular flexibility index (Phi) is 5.99. The van der Waals surface area contributed by atoms with Gasteiger partial charge in [0, 0.05) is 29.3 Å². The average Bonchev–Trinajstić information content (AvgIpc) is 2.72. The molecule has 0 spiro atoms. The summed E-state index contributed by atoms with van der Waals surface area (Å²) in [4.78, 5) is 14.0. The summed E-state index contributed by atoms with van der Waals surface area (Å²) in [5, 5.41) is 9.88. The first kappa shape index (κ1) is 20.2. The highest BCUT2D eigenvalue weighted by atomic mass is 19.1. The molecule has 1 aliphatic heterocycles. The molecule has 1 aliphatic rings. The standard InChI is InChI=1S/C23H22FN3O2/c1-3-29-21(28)13-20-15(2)22(16-9-11-17(24)12-10-16)19(14-25)23(26)27(20)18-7-5-4-6-8-18/h4-13,15,22H,3,26H2,1-2H3/b20-13+/t15-,22-/m1/s1. The molecule has 0 radical (unpaired) electrons. The molecule has 6 heteroatoms. The highest BCUT2D eigenvalue weighted by molar-refractivity contribution is 5.85. The van der Waals surface area contributed by atoms with Crippen LogP contribution in [0.15, 0.2) is 77.8 Å². The van der Waals surface area contributed by atoms with E-state index in [4.69, 9.17) is 10.5 Å². The van der Waals surface area contributed by atoms with Gasteiger partial charge in [-0.25, -0.2) is 9.18 Å². The summed E-state index contributed by atoms with van der Waals surface area (Å²) in [6.45, 7) is 3.90. The minimum Gasteiger partial charge on any atom is -0.463 e. The molecule has 2 atom stereocenters. The summed E-state index contributed by atoms with van der Waals surface area (Å²) in [7, 11) is 0. The van der Waals surface area contributed by atoms with E-state index in [-0.39, 0.29) is 24.2 Å². The van der Waals surface area contributed by atoms with Gasteiger partial charge in [-0.05, 0) is 36.8 Å². The first-order valence-corrected chi connectivity index (χ1v) is 9.36. The predicted octanol–water partition coefficient (Wildman–Crippen LogP) is 4.21. The number of rotatable bonds is 4. The summed E-state index contributed by atoms with van der Waals surface area (Å²) in [5.41, 5.74) is 8.91. The fourth-order valence-electron chi connectivity index (χ4n) is 3.66. The fraction of sp³-hybridized carbons (Fsp3) is 0.217. The number of nitrogens with zero attached hydrogens (tertiary/aromatic N) is 2. The summed E-state index contributed by atoms with van der Waals surface area (Å²) < 4.78 is 18.5. The van der Waals surface area contributed by atoms with E-state index in [9.17, 15) is 14.4 Å². The van der Waals surface area contributed by atoms with Gasteiger partial charge in [0.25, 0.3) is 0 Å². The van der Waals surface area contributed by atoms with Crippen molar-refractivity contribution in [2.24, 2.45) is 11.7 Å². The van der Waals surface area contributed by atoms with Gasteiger partial charge in [-0.3, -0.25) is 4.90 Å². The first-order valence-electron chi connectivity index (χ1n) is 9.36. The van der Waals surface area contributed by atoms with Crippen molar-refractivity contribution in [2.45, 2.75) is 19.8 Å². The largest absolute Gasteiger partial charge is 0.463 e.